The van der Waals surface area contributed by atoms with E-state index in [1.54, 1.807) is 36.2 Å². The fourth-order valence-electron chi connectivity index (χ4n) is 4.30. The maximum atomic E-state index is 13.6. The average molecular weight is 506 g/mol. The van der Waals surface area contributed by atoms with Crippen molar-refractivity contribution in [2.75, 3.05) is 33.9 Å². The number of methoxy groups -OCH3 is 1. The number of fused-ring (bicyclic) bond motifs is 1. The van der Waals surface area contributed by atoms with E-state index in [-0.39, 0.29) is 42.4 Å². The summed E-state index contributed by atoms with van der Waals surface area (Å²) in [5.41, 5.74) is 1.68. The standard InChI is InChI=1S/C29H35N3O5/c1-19-16-32(20(2)18-33)29(35)25-13-23(8-5-21-9-11-24(36-4)12-10-21)15-30-28(25)37-26(19)17-31(3)27(34)14-22-6-7-22/h9-13,15,19-20,22,26,33H,6-7,14,16-18H2,1-4H3/t19-,20-,26-/m1/s1. The highest BCUT2D eigenvalue weighted by molar-refractivity contribution is 5.97. The van der Waals surface area contributed by atoms with Gasteiger partial charge in [0.1, 0.15) is 17.4 Å². The number of carbonyl (C=O) groups is 2. The molecule has 1 aliphatic heterocycles. The second kappa shape index (κ2) is 11.7. The molecule has 1 aliphatic carbocycles. The van der Waals surface area contributed by atoms with Crippen molar-refractivity contribution in [2.24, 2.45) is 11.8 Å². The van der Waals surface area contributed by atoms with Crippen molar-refractivity contribution in [1.82, 2.24) is 14.8 Å². The highest BCUT2D eigenvalue weighted by Gasteiger charge is 2.35. The first-order valence-corrected chi connectivity index (χ1v) is 12.8. The summed E-state index contributed by atoms with van der Waals surface area (Å²) in [4.78, 5) is 34.1. The van der Waals surface area contributed by atoms with Crippen molar-refractivity contribution in [2.45, 2.75) is 45.3 Å². The third-order valence-electron chi connectivity index (χ3n) is 7.00. The van der Waals surface area contributed by atoms with E-state index in [0.717, 1.165) is 24.2 Å². The van der Waals surface area contributed by atoms with Gasteiger partial charge in [0.2, 0.25) is 11.8 Å². The molecule has 8 heteroatoms. The molecule has 2 aromatic rings. The Hall–Kier alpha value is -3.57. The van der Waals surface area contributed by atoms with Crippen molar-refractivity contribution in [1.29, 1.82) is 0 Å². The van der Waals surface area contributed by atoms with Gasteiger partial charge >= 0.3 is 0 Å². The maximum absolute atomic E-state index is 13.6. The Bertz CT molecular complexity index is 1180. The molecule has 4 rings (SSSR count). The van der Waals surface area contributed by atoms with Crippen LogP contribution < -0.4 is 9.47 Å². The minimum atomic E-state index is -0.384. The second-order valence-electron chi connectivity index (χ2n) is 10.1. The summed E-state index contributed by atoms with van der Waals surface area (Å²) < 4.78 is 11.5. The number of rotatable bonds is 7. The lowest BCUT2D eigenvalue weighted by molar-refractivity contribution is -0.131. The number of benzene rings is 1. The quantitative estimate of drug-likeness (QED) is 0.582. The van der Waals surface area contributed by atoms with Crippen LogP contribution >= 0.6 is 0 Å². The molecule has 2 aliphatic rings. The van der Waals surface area contributed by atoms with Crippen LogP contribution in [0.25, 0.3) is 0 Å². The Kier molecular flexibility index (Phi) is 8.34. The first-order chi connectivity index (χ1) is 17.8. The van der Waals surface area contributed by atoms with Crippen molar-refractivity contribution in [3.05, 3.63) is 53.2 Å². The molecule has 37 heavy (non-hydrogen) atoms. The predicted octanol–water partition coefficient (Wildman–Crippen LogP) is 2.97. The van der Waals surface area contributed by atoms with Gasteiger partial charge in [-0.3, -0.25) is 9.59 Å². The topological polar surface area (TPSA) is 92.2 Å². The Morgan fingerprint density at radius 1 is 1.27 bits per heavy atom. The van der Waals surface area contributed by atoms with Gasteiger partial charge in [-0.1, -0.05) is 18.8 Å². The fourth-order valence-corrected chi connectivity index (χ4v) is 4.30. The maximum Gasteiger partial charge on any atom is 0.259 e. The van der Waals surface area contributed by atoms with E-state index in [4.69, 9.17) is 9.47 Å². The molecule has 1 fully saturated rings. The third kappa shape index (κ3) is 6.60. The molecule has 0 unspecified atom stereocenters. The first-order valence-electron chi connectivity index (χ1n) is 12.8. The lowest BCUT2D eigenvalue weighted by Crippen LogP contribution is -2.50. The molecular formula is C29H35N3O5. The van der Waals surface area contributed by atoms with Crippen LogP contribution in [-0.4, -0.2) is 77.7 Å². The van der Waals surface area contributed by atoms with Crippen LogP contribution in [0.1, 0.15) is 54.6 Å². The minimum absolute atomic E-state index is 0.0846. The number of carbonyl (C=O) groups excluding carboxylic acids is 2. The molecule has 8 nitrogen and oxygen atoms in total. The van der Waals surface area contributed by atoms with Gasteiger partial charge in [0.25, 0.3) is 5.91 Å². The number of hydrogen-bond acceptors (Lipinski definition) is 6. The first kappa shape index (κ1) is 26.5. The van der Waals surface area contributed by atoms with Gasteiger partial charge in [0.05, 0.1) is 26.3 Å². The number of nitrogens with zero attached hydrogens (tertiary/aromatic N) is 3. The van der Waals surface area contributed by atoms with Crippen LogP contribution in [-0.2, 0) is 4.79 Å². The van der Waals surface area contributed by atoms with Crippen LogP contribution in [0, 0.1) is 23.7 Å². The summed E-state index contributed by atoms with van der Waals surface area (Å²) in [5.74, 6) is 7.39. The van der Waals surface area contributed by atoms with Crippen LogP contribution in [0.4, 0.5) is 0 Å². The second-order valence-corrected chi connectivity index (χ2v) is 10.1. The molecule has 2 heterocycles. The highest BCUT2D eigenvalue weighted by atomic mass is 16.5. The fraction of sp³-hybridized carbons (Fsp3) is 0.483. The number of aromatic nitrogens is 1. The Morgan fingerprint density at radius 3 is 2.62 bits per heavy atom. The molecule has 0 spiro atoms. The van der Waals surface area contributed by atoms with Gasteiger partial charge in [-0.05, 0) is 56.0 Å². The zero-order valence-electron chi connectivity index (χ0n) is 21.9. The summed E-state index contributed by atoms with van der Waals surface area (Å²) in [7, 11) is 3.41. The van der Waals surface area contributed by atoms with Crippen LogP contribution in [0.15, 0.2) is 36.5 Å². The molecule has 3 atom stereocenters. The van der Waals surface area contributed by atoms with E-state index < -0.39 is 0 Å². The number of aliphatic hydroxyl groups excluding tert-OH is 1. The smallest absolute Gasteiger partial charge is 0.259 e. The molecule has 1 aromatic carbocycles. The van der Waals surface area contributed by atoms with Crippen molar-refractivity contribution >= 4 is 11.8 Å². The number of ether oxygens (including phenoxy) is 2. The molecule has 1 aromatic heterocycles. The van der Waals surface area contributed by atoms with E-state index in [2.05, 4.69) is 16.8 Å². The molecule has 1 N–H and O–H groups in total. The molecule has 0 radical (unpaired) electrons. The number of aliphatic hydroxyl groups is 1. The SMILES string of the molecule is COc1ccc(C#Cc2cnc3c(c2)C(=O)N([C@H](C)CO)C[C@@H](C)[C@@H](CN(C)C(=O)CC2CC2)O3)cc1. The van der Waals surface area contributed by atoms with E-state index in [1.165, 1.54) is 0 Å². The molecule has 2 amide bonds. The van der Waals surface area contributed by atoms with Gasteiger partial charge in [-0.25, -0.2) is 4.98 Å². The largest absolute Gasteiger partial charge is 0.497 e. The lowest BCUT2D eigenvalue weighted by atomic mass is 9.99. The van der Waals surface area contributed by atoms with Crippen molar-refractivity contribution in [3.63, 3.8) is 0 Å². The third-order valence-corrected chi connectivity index (χ3v) is 7.00. The molecule has 1 saturated carbocycles. The van der Waals surface area contributed by atoms with Gasteiger partial charge in [0.15, 0.2) is 0 Å². The molecule has 0 bridgehead atoms. The average Bonchev–Trinajstić information content (AvgIpc) is 3.73. The van der Waals surface area contributed by atoms with Crippen LogP contribution in [0.5, 0.6) is 11.6 Å². The number of amides is 2. The predicted molar refractivity (Wildman–Crippen MR) is 139 cm³/mol. The number of hydrogen-bond donors (Lipinski definition) is 1. The monoisotopic (exact) mass is 505 g/mol. The van der Waals surface area contributed by atoms with E-state index in [0.29, 0.717) is 36.6 Å². The van der Waals surface area contributed by atoms with Crippen molar-refractivity contribution < 1.29 is 24.2 Å². The van der Waals surface area contributed by atoms with E-state index in [9.17, 15) is 14.7 Å². The summed E-state index contributed by atoms with van der Waals surface area (Å²) in [6.07, 6.45) is 4.03. The normalized spacial score (nSPS) is 19.9. The zero-order valence-corrected chi connectivity index (χ0v) is 21.9. The molecular weight excluding hydrogens is 470 g/mol. The van der Waals surface area contributed by atoms with Gasteiger partial charge in [-0.2, -0.15) is 0 Å². The zero-order chi connectivity index (χ0) is 26.5. The summed E-state index contributed by atoms with van der Waals surface area (Å²) in [5, 5.41) is 9.85. The highest BCUT2D eigenvalue weighted by Crippen LogP contribution is 2.33. The van der Waals surface area contributed by atoms with Gasteiger partial charge < -0.3 is 24.4 Å². The Labute approximate surface area is 218 Å². The minimum Gasteiger partial charge on any atom is -0.497 e. The number of likely N-dealkylation sites (N-methyl/N-ethyl adjacent to an activating group) is 1. The van der Waals surface area contributed by atoms with Crippen molar-refractivity contribution in [3.8, 4) is 23.5 Å². The summed E-state index contributed by atoms with van der Waals surface area (Å²) in [6, 6.07) is 8.69. The van der Waals surface area contributed by atoms with Gasteiger partial charge in [0, 0.05) is 43.3 Å². The van der Waals surface area contributed by atoms with E-state index >= 15 is 0 Å². The summed E-state index contributed by atoms with van der Waals surface area (Å²) in [6.45, 7) is 4.42. The Balaban J connectivity index is 1.61. The van der Waals surface area contributed by atoms with Crippen LogP contribution in [0.3, 0.4) is 0 Å². The lowest BCUT2D eigenvalue weighted by Gasteiger charge is -2.37. The molecule has 0 saturated heterocycles. The van der Waals surface area contributed by atoms with E-state index in [1.807, 2.05) is 38.1 Å². The Morgan fingerprint density at radius 2 is 1.97 bits per heavy atom. The van der Waals surface area contributed by atoms with Crippen LogP contribution in [0.2, 0.25) is 0 Å². The molecule has 196 valence electrons. The van der Waals surface area contributed by atoms with Gasteiger partial charge in [-0.15, -0.1) is 0 Å². The summed E-state index contributed by atoms with van der Waals surface area (Å²) >= 11 is 0. The number of pyridine rings is 1.